The second kappa shape index (κ2) is 7.38. The van der Waals surface area contributed by atoms with Crippen molar-refractivity contribution in [2.24, 2.45) is 0 Å². The molecule has 1 atom stereocenters. The average molecular weight is 314 g/mol. The van der Waals surface area contributed by atoms with Crippen LogP contribution in [-0.2, 0) is 16.6 Å². The van der Waals surface area contributed by atoms with Gasteiger partial charge in [-0.15, -0.1) is 0 Å². The van der Waals surface area contributed by atoms with Crippen LogP contribution >= 0.6 is 0 Å². The van der Waals surface area contributed by atoms with E-state index in [0.29, 0.717) is 13.1 Å². The molecule has 7 heteroatoms. The molecule has 1 aromatic heterocycles. The lowest BCUT2D eigenvalue weighted by Crippen LogP contribution is -2.39. The molecular formula is C14H26N4O2S. The third-order valence-electron chi connectivity index (χ3n) is 3.98. The molecule has 21 heavy (non-hydrogen) atoms. The highest BCUT2D eigenvalue weighted by Crippen LogP contribution is 2.25. The van der Waals surface area contributed by atoms with Crippen LogP contribution in [0, 0.1) is 0 Å². The van der Waals surface area contributed by atoms with E-state index in [9.17, 15) is 8.42 Å². The van der Waals surface area contributed by atoms with Crippen LogP contribution in [0.2, 0.25) is 0 Å². The Morgan fingerprint density at radius 3 is 3.00 bits per heavy atom. The summed E-state index contributed by atoms with van der Waals surface area (Å²) in [5.74, 6) is 0. The quantitative estimate of drug-likeness (QED) is 0.786. The maximum absolute atomic E-state index is 12.9. The number of aromatic amines is 1. The molecule has 1 aromatic rings. The summed E-state index contributed by atoms with van der Waals surface area (Å²) in [5.41, 5.74) is 0.722. The molecule has 0 bridgehead atoms. The topological polar surface area (TPSA) is 78.1 Å². The van der Waals surface area contributed by atoms with Gasteiger partial charge in [0.05, 0.1) is 6.20 Å². The zero-order valence-electron chi connectivity index (χ0n) is 12.9. The predicted octanol–water partition coefficient (Wildman–Crippen LogP) is 1.86. The number of aromatic nitrogens is 2. The van der Waals surface area contributed by atoms with Gasteiger partial charge in [0, 0.05) is 24.7 Å². The Labute approximate surface area is 127 Å². The summed E-state index contributed by atoms with van der Waals surface area (Å²) in [5, 5.41) is 10.1. The van der Waals surface area contributed by atoms with E-state index in [2.05, 4.69) is 22.4 Å². The molecule has 2 rings (SSSR count). The SMILES string of the molecule is CCCNCc1cn[nH]c1S(=O)(=O)N1CCCCCC1C. The van der Waals surface area contributed by atoms with Gasteiger partial charge in [0.1, 0.15) is 0 Å². The van der Waals surface area contributed by atoms with Crippen LogP contribution < -0.4 is 5.32 Å². The third-order valence-corrected chi connectivity index (χ3v) is 6.01. The number of H-pyrrole nitrogens is 1. The van der Waals surface area contributed by atoms with Gasteiger partial charge in [0.15, 0.2) is 5.03 Å². The summed E-state index contributed by atoms with van der Waals surface area (Å²) in [4.78, 5) is 0. The fourth-order valence-corrected chi connectivity index (χ4v) is 4.58. The number of sulfonamides is 1. The summed E-state index contributed by atoms with van der Waals surface area (Å²) in [6.07, 6.45) is 6.68. The van der Waals surface area contributed by atoms with E-state index in [1.54, 1.807) is 10.5 Å². The number of rotatable bonds is 6. The maximum Gasteiger partial charge on any atom is 0.260 e. The highest BCUT2D eigenvalue weighted by Gasteiger charge is 2.32. The van der Waals surface area contributed by atoms with E-state index in [1.807, 2.05) is 6.92 Å². The molecule has 0 amide bonds. The Hall–Kier alpha value is -0.920. The summed E-state index contributed by atoms with van der Waals surface area (Å²) < 4.78 is 27.4. The van der Waals surface area contributed by atoms with Crippen molar-refractivity contribution in [2.75, 3.05) is 13.1 Å². The molecule has 0 aliphatic carbocycles. The van der Waals surface area contributed by atoms with Gasteiger partial charge in [-0.2, -0.15) is 9.40 Å². The van der Waals surface area contributed by atoms with Gasteiger partial charge in [-0.3, -0.25) is 5.10 Å². The van der Waals surface area contributed by atoms with Crippen LogP contribution in [0.15, 0.2) is 11.2 Å². The van der Waals surface area contributed by atoms with Gasteiger partial charge in [0.2, 0.25) is 0 Å². The number of hydrogen-bond donors (Lipinski definition) is 2. The molecule has 6 nitrogen and oxygen atoms in total. The van der Waals surface area contributed by atoms with E-state index in [-0.39, 0.29) is 11.1 Å². The van der Waals surface area contributed by atoms with Gasteiger partial charge < -0.3 is 5.32 Å². The van der Waals surface area contributed by atoms with Crippen LogP contribution in [0.5, 0.6) is 0 Å². The molecule has 2 heterocycles. The first kappa shape index (κ1) is 16.5. The van der Waals surface area contributed by atoms with Crippen LogP contribution in [0.25, 0.3) is 0 Å². The Balaban J connectivity index is 2.20. The molecule has 0 saturated carbocycles. The molecule has 0 aromatic carbocycles. The fraction of sp³-hybridized carbons (Fsp3) is 0.786. The summed E-state index contributed by atoms with van der Waals surface area (Å²) in [6.45, 7) is 6.07. The van der Waals surface area contributed by atoms with E-state index >= 15 is 0 Å². The lowest BCUT2D eigenvalue weighted by Gasteiger charge is -2.25. The zero-order chi connectivity index (χ0) is 15.3. The molecule has 1 fully saturated rings. The first-order chi connectivity index (χ1) is 10.1. The van der Waals surface area contributed by atoms with Crippen molar-refractivity contribution in [3.05, 3.63) is 11.8 Å². The van der Waals surface area contributed by atoms with E-state index in [4.69, 9.17) is 0 Å². The monoisotopic (exact) mass is 314 g/mol. The Bertz CT molecular complexity index is 541. The zero-order valence-corrected chi connectivity index (χ0v) is 13.7. The maximum atomic E-state index is 12.9. The van der Waals surface area contributed by atoms with E-state index < -0.39 is 10.0 Å². The number of hydrogen-bond acceptors (Lipinski definition) is 4. The van der Waals surface area contributed by atoms with Gasteiger partial charge in [-0.25, -0.2) is 8.42 Å². The predicted molar refractivity (Wildman–Crippen MR) is 82.4 cm³/mol. The smallest absolute Gasteiger partial charge is 0.260 e. The first-order valence-electron chi connectivity index (χ1n) is 7.82. The van der Waals surface area contributed by atoms with Crippen molar-refractivity contribution in [3.63, 3.8) is 0 Å². The van der Waals surface area contributed by atoms with Crippen molar-refractivity contribution >= 4 is 10.0 Å². The fourth-order valence-electron chi connectivity index (χ4n) is 2.77. The molecule has 1 aliphatic rings. The summed E-state index contributed by atoms with van der Waals surface area (Å²) in [6, 6.07) is 0.0530. The third kappa shape index (κ3) is 3.84. The van der Waals surface area contributed by atoms with Crippen LogP contribution in [0.3, 0.4) is 0 Å². The second-order valence-corrected chi connectivity index (χ2v) is 7.54. The second-order valence-electron chi connectivity index (χ2n) is 5.72. The van der Waals surface area contributed by atoms with E-state index in [0.717, 1.165) is 44.2 Å². The van der Waals surface area contributed by atoms with E-state index in [1.165, 1.54) is 0 Å². The highest BCUT2D eigenvalue weighted by molar-refractivity contribution is 7.89. The standard InChI is InChI=1S/C14H26N4O2S/c1-3-8-15-10-13-11-16-17-14(13)21(19,20)18-9-6-4-5-7-12(18)2/h11-12,15H,3-10H2,1-2H3,(H,16,17). The van der Waals surface area contributed by atoms with Crippen molar-refractivity contribution in [2.45, 2.75) is 63.6 Å². The normalized spacial score (nSPS) is 21.3. The Kier molecular flexibility index (Phi) is 5.78. The van der Waals surface area contributed by atoms with Crippen LogP contribution in [0.4, 0.5) is 0 Å². The lowest BCUT2D eigenvalue weighted by atomic mass is 10.1. The van der Waals surface area contributed by atoms with Gasteiger partial charge in [-0.05, 0) is 32.7 Å². The molecule has 0 spiro atoms. The van der Waals surface area contributed by atoms with Crippen molar-refractivity contribution in [1.82, 2.24) is 19.8 Å². The minimum Gasteiger partial charge on any atom is -0.313 e. The molecule has 1 saturated heterocycles. The summed E-state index contributed by atoms with van der Waals surface area (Å²) in [7, 11) is -3.48. The molecular weight excluding hydrogens is 288 g/mol. The first-order valence-corrected chi connectivity index (χ1v) is 9.26. The van der Waals surface area contributed by atoms with Gasteiger partial charge in [0.25, 0.3) is 10.0 Å². The minimum atomic E-state index is -3.48. The van der Waals surface area contributed by atoms with Gasteiger partial charge >= 0.3 is 0 Å². The highest BCUT2D eigenvalue weighted by atomic mass is 32.2. The van der Waals surface area contributed by atoms with Crippen molar-refractivity contribution in [3.8, 4) is 0 Å². The molecule has 1 unspecified atom stereocenters. The van der Waals surface area contributed by atoms with Crippen molar-refractivity contribution in [1.29, 1.82) is 0 Å². The molecule has 1 aliphatic heterocycles. The summed E-state index contributed by atoms with van der Waals surface area (Å²) >= 11 is 0. The molecule has 2 N–H and O–H groups in total. The minimum absolute atomic E-state index is 0.0530. The molecule has 0 radical (unpaired) electrons. The van der Waals surface area contributed by atoms with Gasteiger partial charge in [-0.1, -0.05) is 19.8 Å². The average Bonchev–Trinajstić information content (AvgIpc) is 2.81. The van der Waals surface area contributed by atoms with Crippen LogP contribution in [-0.4, -0.2) is 42.1 Å². The van der Waals surface area contributed by atoms with Crippen molar-refractivity contribution < 1.29 is 8.42 Å². The number of nitrogens with one attached hydrogen (secondary N) is 2. The number of nitrogens with zero attached hydrogens (tertiary/aromatic N) is 2. The molecule has 120 valence electrons. The largest absolute Gasteiger partial charge is 0.313 e. The Morgan fingerprint density at radius 1 is 1.43 bits per heavy atom. The Morgan fingerprint density at radius 2 is 2.24 bits per heavy atom. The van der Waals surface area contributed by atoms with Crippen LogP contribution in [0.1, 0.15) is 51.5 Å². The lowest BCUT2D eigenvalue weighted by molar-refractivity contribution is 0.340.